The molecule has 2 amide bonds. The van der Waals surface area contributed by atoms with Gasteiger partial charge in [0.15, 0.2) is 11.5 Å². The zero-order chi connectivity index (χ0) is 20.5. The first-order valence-electron chi connectivity index (χ1n) is 8.84. The zero-order valence-electron chi connectivity index (χ0n) is 16.5. The quantitative estimate of drug-likeness (QED) is 0.542. The SMILES string of the molecule is COc1ccc(C(=O)NN=C(C)CC(=O)NC(C)c2ccccc2)cc1OC. The molecule has 7 nitrogen and oxygen atoms in total. The molecule has 2 rings (SSSR count). The molecule has 1 atom stereocenters. The highest BCUT2D eigenvalue weighted by Gasteiger charge is 2.12. The predicted octanol–water partition coefficient (Wildman–Crippen LogP) is 3.08. The standard InChI is InChI=1S/C21H25N3O4/c1-14(12-20(25)22-15(2)16-8-6-5-7-9-16)23-24-21(26)17-10-11-18(27-3)19(13-17)28-4/h5-11,13,15H,12H2,1-4H3,(H,22,25)(H,24,26). The molecule has 148 valence electrons. The summed E-state index contributed by atoms with van der Waals surface area (Å²) in [5.41, 5.74) is 4.33. The number of carbonyl (C=O) groups excluding carboxylic acids is 2. The van der Waals surface area contributed by atoms with Crippen LogP contribution in [0.3, 0.4) is 0 Å². The summed E-state index contributed by atoms with van der Waals surface area (Å²) in [5, 5.41) is 6.91. The number of rotatable bonds is 8. The van der Waals surface area contributed by atoms with Crippen molar-refractivity contribution in [3.63, 3.8) is 0 Å². The molecular weight excluding hydrogens is 358 g/mol. The lowest BCUT2D eigenvalue weighted by Gasteiger charge is -2.14. The highest BCUT2D eigenvalue weighted by atomic mass is 16.5. The highest BCUT2D eigenvalue weighted by Crippen LogP contribution is 2.27. The molecule has 0 aromatic heterocycles. The van der Waals surface area contributed by atoms with Gasteiger partial charge in [0, 0.05) is 11.3 Å². The fourth-order valence-corrected chi connectivity index (χ4v) is 2.58. The van der Waals surface area contributed by atoms with Crippen LogP contribution >= 0.6 is 0 Å². The maximum absolute atomic E-state index is 12.3. The molecule has 0 fully saturated rings. The van der Waals surface area contributed by atoms with Gasteiger partial charge >= 0.3 is 0 Å². The molecule has 0 aliphatic heterocycles. The number of nitrogens with one attached hydrogen (secondary N) is 2. The van der Waals surface area contributed by atoms with E-state index in [0.717, 1.165) is 5.56 Å². The number of carbonyl (C=O) groups is 2. The van der Waals surface area contributed by atoms with Crippen molar-refractivity contribution in [3.05, 3.63) is 59.7 Å². The first kappa shape index (κ1) is 21.0. The Morgan fingerprint density at radius 1 is 1.04 bits per heavy atom. The first-order valence-corrected chi connectivity index (χ1v) is 8.84. The second-order valence-electron chi connectivity index (χ2n) is 6.23. The largest absolute Gasteiger partial charge is 0.493 e. The number of hydrazone groups is 1. The van der Waals surface area contributed by atoms with Crippen molar-refractivity contribution in [3.8, 4) is 11.5 Å². The summed E-state index contributed by atoms with van der Waals surface area (Å²) in [7, 11) is 3.02. The molecular formula is C21H25N3O4. The van der Waals surface area contributed by atoms with Crippen LogP contribution in [0.4, 0.5) is 0 Å². The molecule has 0 heterocycles. The molecule has 0 aliphatic rings. The van der Waals surface area contributed by atoms with Gasteiger partial charge in [0.05, 0.1) is 26.7 Å². The van der Waals surface area contributed by atoms with E-state index in [1.807, 2.05) is 37.3 Å². The molecule has 7 heteroatoms. The van der Waals surface area contributed by atoms with Crippen molar-refractivity contribution in [1.29, 1.82) is 0 Å². The average Bonchev–Trinajstić information content (AvgIpc) is 2.71. The minimum atomic E-state index is -0.404. The minimum Gasteiger partial charge on any atom is -0.493 e. The van der Waals surface area contributed by atoms with Gasteiger partial charge in [-0.3, -0.25) is 9.59 Å². The molecule has 0 spiro atoms. The Morgan fingerprint density at radius 2 is 1.71 bits per heavy atom. The van der Waals surface area contributed by atoms with Crippen LogP contribution in [-0.4, -0.2) is 31.7 Å². The lowest BCUT2D eigenvalue weighted by molar-refractivity contribution is -0.120. The number of methoxy groups -OCH3 is 2. The van der Waals surface area contributed by atoms with Gasteiger partial charge in [-0.25, -0.2) is 5.43 Å². The summed E-state index contributed by atoms with van der Waals surface area (Å²) in [6.07, 6.45) is 0.0867. The normalized spacial score (nSPS) is 12.1. The predicted molar refractivity (Wildman–Crippen MR) is 108 cm³/mol. The van der Waals surface area contributed by atoms with Crippen LogP contribution in [0, 0.1) is 0 Å². The van der Waals surface area contributed by atoms with Crippen molar-refractivity contribution in [2.75, 3.05) is 14.2 Å². The van der Waals surface area contributed by atoms with Gasteiger partial charge in [-0.1, -0.05) is 30.3 Å². The van der Waals surface area contributed by atoms with Crippen LogP contribution in [0.15, 0.2) is 53.6 Å². The van der Waals surface area contributed by atoms with E-state index in [2.05, 4.69) is 15.8 Å². The monoisotopic (exact) mass is 383 g/mol. The van der Waals surface area contributed by atoms with Crippen LogP contribution in [0.5, 0.6) is 11.5 Å². The van der Waals surface area contributed by atoms with E-state index < -0.39 is 5.91 Å². The van der Waals surface area contributed by atoms with Gasteiger partial charge < -0.3 is 14.8 Å². The van der Waals surface area contributed by atoms with Gasteiger partial charge in [0.25, 0.3) is 5.91 Å². The molecule has 28 heavy (non-hydrogen) atoms. The van der Waals surface area contributed by atoms with Crippen molar-refractivity contribution in [1.82, 2.24) is 10.7 Å². The van der Waals surface area contributed by atoms with Crippen LogP contribution < -0.4 is 20.2 Å². The molecule has 2 aromatic carbocycles. The van der Waals surface area contributed by atoms with Crippen LogP contribution in [0.25, 0.3) is 0 Å². The number of hydrogen-bond donors (Lipinski definition) is 2. The molecule has 2 N–H and O–H groups in total. The summed E-state index contributed by atoms with van der Waals surface area (Å²) < 4.78 is 10.3. The third-order valence-electron chi connectivity index (χ3n) is 4.09. The molecule has 1 unspecified atom stereocenters. The van der Waals surface area contributed by atoms with E-state index in [-0.39, 0.29) is 18.4 Å². The number of amides is 2. The topological polar surface area (TPSA) is 89.0 Å². The maximum Gasteiger partial charge on any atom is 0.271 e. The summed E-state index contributed by atoms with van der Waals surface area (Å²) >= 11 is 0. The fraction of sp³-hybridized carbons (Fsp3) is 0.286. The number of ether oxygens (including phenoxy) is 2. The summed E-state index contributed by atoms with van der Waals surface area (Å²) in [6, 6.07) is 14.4. The lowest BCUT2D eigenvalue weighted by Crippen LogP contribution is -2.28. The van der Waals surface area contributed by atoms with Gasteiger partial charge in [0.2, 0.25) is 5.91 Å². The number of hydrogen-bond acceptors (Lipinski definition) is 5. The van der Waals surface area contributed by atoms with Crippen LogP contribution in [0.2, 0.25) is 0 Å². The second kappa shape index (κ2) is 10.1. The minimum absolute atomic E-state index is 0.0867. The third kappa shape index (κ3) is 5.84. The third-order valence-corrected chi connectivity index (χ3v) is 4.09. The van der Waals surface area contributed by atoms with Crippen molar-refractivity contribution < 1.29 is 19.1 Å². The van der Waals surface area contributed by atoms with E-state index in [9.17, 15) is 9.59 Å². The Bertz CT molecular complexity index is 850. The first-order chi connectivity index (χ1) is 13.4. The van der Waals surface area contributed by atoms with Gasteiger partial charge in [0.1, 0.15) is 0 Å². The lowest BCUT2D eigenvalue weighted by atomic mass is 10.1. The molecule has 0 saturated carbocycles. The zero-order valence-corrected chi connectivity index (χ0v) is 16.5. The van der Waals surface area contributed by atoms with Crippen molar-refractivity contribution in [2.45, 2.75) is 26.3 Å². The molecule has 0 aliphatic carbocycles. The Balaban J connectivity index is 1.91. The summed E-state index contributed by atoms with van der Waals surface area (Å²) in [6.45, 7) is 3.60. The van der Waals surface area contributed by atoms with Crippen molar-refractivity contribution in [2.24, 2.45) is 5.10 Å². The van der Waals surface area contributed by atoms with Gasteiger partial charge in [-0.15, -0.1) is 0 Å². The van der Waals surface area contributed by atoms with E-state index in [0.29, 0.717) is 22.8 Å². The van der Waals surface area contributed by atoms with Crippen molar-refractivity contribution >= 4 is 17.5 Å². The Labute approximate surface area is 164 Å². The fourth-order valence-electron chi connectivity index (χ4n) is 2.58. The molecule has 0 saturated heterocycles. The van der Waals surface area contributed by atoms with E-state index in [1.54, 1.807) is 25.1 Å². The van der Waals surface area contributed by atoms with E-state index in [4.69, 9.17) is 9.47 Å². The highest BCUT2D eigenvalue weighted by molar-refractivity contribution is 6.01. The number of nitrogens with zero attached hydrogens (tertiary/aromatic N) is 1. The maximum atomic E-state index is 12.3. The van der Waals surface area contributed by atoms with Gasteiger partial charge in [-0.05, 0) is 37.6 Å². The number of benzene rings is 2. The van der Waals surface area contributed by atoms with Crippen LogP contribution in [0.1, 0.15) is 42.2 Å². The average molecular weight is 383 g/mol. The Kier molecular flexibility index (Phi) is 7.56. The molecule has 0 bridgehead atoms. The summed E-state index contributed by atoms with van der Waals surface area (Å²) in [5.74, 6) is 0.407. The smallest absolute Gasteiger partial charge is 0.271 e. The Hall–Kier alpha value is -3.35. The second-order valence-corrected chi connectivity index (χ2v) is 6.23. The summed E-state index contributed by atoms with van der Waals surface area (Å²) in [4.78, 5) is 24.4. The van der Waals surface area contributed by atoms with Gasteiger partial charge in [-0.2, -0.15) is 5.10 Å². The molecule has 0 radical (unpaired) electrons. The Morgan fingerprint density at radius 3 is 2.36 bits per heavy atom. The van der Waals surface area contributed by atoms with Crippen LogP contribution in [-0.2, 0) is 4.79 Å². The molecule has 2 aromatic rings. The van der Waals surface area contributed by atoms with E-state index >= 15 is 0 Å². The van der Waals surface area contributed by atoms with E-state index in [1.165, 1.54) is 14.2 Å².